The molecular weight excluding hydrogens is 410 g/mol. The van der Waals surface area contributed by atoms with Crippen molar-refractivity contribution in [3.05, 3.63) is 60.2 Å². The van der Waals surface area contributed by atoms with E-state index in [2.05, 4.69) is 4.90 Å². The molecule has 3 rings (SSSR count). The van der Waals surface area contributed by atoms with E-state index in [9.17, 15) is 14.4 Å². The maximum absolute atomic E-state index is 13.4. The van der Waals surface area contributed by atoms with Crippen molar-refractivity contribution in [2.24, 2.45) is 5.73 Å². The summed E-state index contributed by atoms with van der Waals surface area (Å²) < 4.78 is 5.36. The zero-order valence-electron chi connectivity index (χ0n) is 18.0. The largest absolute Gasteiger partial charge is 0.481 e. The summed E-state index contributed by atoms with van der Waals surface area (Å²) in [6.07, 6.45) is -0.274. The number of rotatable bonds is 10. The first-order chi connectivity index (χ1) is 15.5. The first-order valence-corrected chi connectivity index (χ1v) is 10.7. The highest BCUT2D eigenvalue weighted by atomic mass is 16.5. The molecular formula is C24H29N3O5. The van der Waals surface area contributed by atoms with Gasteiger partial charge in [0.15, 0.2) is 0 Å². The van der Waals surface area contributed by atoms with E-state index in [1.54, 1.807) is 12.1 Å². The maximum Gasteiger partial charge on any atom is 0.303 e. The second-order valence-corrected chi connectivity index (χ2v) is 7.75. The first-order valence-electron chi connectivity index (χ1n) is 10.7. The van der Waals surface area contributed by atoms with E-state index < -0.39 is 17.9 Å². The number of amides is 2. The van der Waals surface area contributed by atoms with Crippen LogP contribution in [0, 0.1) is 0 Å². The molecule has 8 heteroatoms. The van der Waals surface area contributed by atoms with Gasteiger partial charge in [-0.3, -0.25) is 19.3 Å². The lowest BCUT2D eigenvalue weighted by Gasteiger charge is -2.33. The molecule has 0 radical (unpaired) electrons. The molecule has 170 valence electrons. The van der Waals surface area contributed by atoms with Crippen LogP contribution in [0.2, 0.25) is 0 Å². The van der Waals surface area contributed by atoms with Gasteiger partial charge in [-0.2, -0.15) is 0 Å². The number of morpholine rings is 1. The Kier molecular flexibility index (Phi) is 8.35. The molecule has 0 unspecified atom stereocenters. The Morgan fingerprint density at radius 2 is 1.62 bits per heavy atom. The van der Waals surface area contributed by atoms with Crippen molar-refractivity contribution in [2.75, 3.05) is 39.4 Å². The van der Waals surface area contributed by atoms with Gasteiger partial charge in [-0.1, -0.05) is 42.5 Å². The van der Waals surface area contributed by atoms with Crippen LogP contribution in [0.1, 0.15) is 23.2 Å². The fraction of sp³-hybridized carbons (Fsp3) is 0.375. The molecule has 3 N–H and O–H groups in total. The molecule has 1 saturated heterocycles. The Hall–Kier alpha value is -3.23. The van der Waals surface area contributed by atoms with Crippen LogP contribution in [0.25, 0.3) is 11.1 Å². The summed E-state index contributed by atoms with van der Waals surface area (Å²) in [6, 6.07) is 16.0. The monoisotopic (exact) mass is 439 g/mol. The molecule has 0 aliphatic carbocycles. The van der Waals surface area contributed by atoms with Gasteiger partial charge in [-0.05, 0) is 29.7 Å². The molecule has 0 spiro atoms. The van der Waals surface area contributed by atoms with Crippen molar-refractivity contribution in [1.29, 1.82) is 0 Å². The lowest BCUT2D eigenvalue weighted by atomic mass is 10.0. The molecule has 8 nitrogen and oxygen atoms in total. The highest BCUT2D eigenvalue weighted by Crippen LogP contribution is 2.21. The quantitative estimate of drug-likeness (QED) is 0.584. The number of hydrogen-bond acceptors (Lipinski definition) is 5. The van der Waals surface area contributed by atoms with E-state index in [0.717, 1.165) is 24.2 Å². The number of benzene rings is 2. The molecule has 1 fully saturated rings. The van der Waals surface area contributed by atoms with Crippen LogP contribution < -0.4 is 5.73 Å². The van der Waals surface area contributed by atoms with Crippen LogP contribution in [-0.2, 0) is 14.3 Å². The van der Waals surface area contributed by atoms with E-state index in [4.69, 9.17) is 15.6 Å². The van der Waals surface area contributed by atoms with Crippen molar-refractivity contribution in [1.82, 2.24) is 9.80 Å². The molecule has 1 heterocycles. The highest BCUT2D eigenvalue weighted by molar-refractivity contribution is 5.97. The van der Waals surface area contributed by atoms with Crippen LogP contribution in [0.3, 0.4) is 0 Å². The summed E-state index contributed by atoms with van der Waals surface area (Å²) in [5.41, 5.74) is 8.02. The number of nitrogens with zero attached hydrogens (tertiary/aromatic N) is 2. The van der Waals surface area contributed by atoms with Gasteiger partial charge in [0.1, 0.15) is 6.04 Å². The van der Waals surface area contributed by atoms with Crippen LogP contribution in [0.5, 0.6) is 0 Å². The number of hydrogen-bond donors (Lipinski definition) is 2. The maximum atomic E-state index is 13.4. The topological polar surface area (TPSA) is 113 Å². The standard InChI is InChI=1S/C24H29N3O5/c25-23(30)21(10-11-22(28)29)27(13-12-26-14-16-32-17-15-26)24(31)20-8-6-19(7-9-20)18-4-2-1-3-5-18/h1-9,21H,10-17H2,(H2,25,30)(H,28,29)/t21-/m0/s1. The Labute approximate surface area is 187 Å². The Morgan fingerprint density at radius 3 is 2.22 bits per heavy atom. The number of carboxylic acid groups (broad SMARTS) is 1. The van der Waals surface area contributed by atoms with E-state index >= 15 is 0 Å². The predicted molar refractivity (Wildman–Crippen MR) is 120 cm³/mol. The third-order valence-corrected chi connectivity index (χ3v) is 5.60. The van der Waals surface area contributed by atoms with E-state index in [1.165, 1.54) is 4.90 Å². The van der Waals surface area contributed by atoms with Crippen molar-refractivity contribution >= 4 is 17.8 Å². The molecule has 32 heavy (non-hydrogen) atoms. The fourth-order valence-electron chi connectivity index (χ4n) is 3.79. The zero-order chi connectivity index (χ0) is 22.9. The van der Waals surface area contributed by atoms with Gasteiger partial charge >= 0.3 is 5.97 Å². The number of carbonyl (C=O) groups is 3. The van der Waals surface area contributed by atoms with Crippen LogP contribution >= 0.6 is 0 Å². The lowest BCUT2D eigenvalue weighted by Crippen LogP contribution is -2.51. The van der Waals surface area contributed by atoms with Gasteiger partial charge in [-0.25, -0.2) is 0 Å². The second kappa shape index (κ2) is 11.4. The van der Waals surface area contributed by atoms with Gasteiger partial charge in [0, 0.05) is 38.2 Å². The average molecular weight is 440 g/mol. The minimum Gasteiger partial charge on any atom is -0.481 e. The van der Waals surface area contributed by atoms with Gasteiger partial charge in [0.2, 0.25) is 5.91 Å². The molecule has 0 bridgehead atoms. The SMILES string of the molecule is NC(=O)[C@H](CCC(=O)O)N(CCN1CCOCC1)C(=O)c1ccc(-c2ccccc2)cc1. The Bertz CT molecular complexity index is 911. The average Bonchev–Trinajstić information content (AvgIpc) is 2.81. The van der Waals surface area contributed by atoms with Gasteiger partial charge in [0.05, 0.1) is 13.2 Å². The Morgan fingerprint density at radius 1 is 1.00 bits per heavy atom. The third-order valence-electron chi connectivity index (χ3n) is 5.60. The van der Waals surface area contributed by atoms with Crippen LogP contribution in [-0.4, -0.2) is 78.1 Å². The molecule has 1 atom stereocenters. The summed E-state index contributed by atoms with van der Waals surface area (Å²) >= 11 is 0. The number of ether oxygens (including phenoxy) is 1. The van der Waals surface area contributed by atoms with Crippen molar-refractivity contribution in [2.45, 2.75) is 18.9 Å². The summed E-state index contributed by atoms with van der Waals surface area (Å²) in [4.78, 5) is 40.2. The van der Waals surface area contributed by atoms with Crippen LogP contribution in [0.15, 0.2) is 54.6 Å². The van der Waals surface area contributed by atoms with Crippen molar-refractivity contribution in [3.8, 4) is 11.1 Å². The lowest BCUT2D eigenvalue weighted by molar-refractivity contribution is -0.137. The van der Waals surface area contributed by atoms with Crippen molar-refractivity contribution in [3.63, 3.8) is 0 Å². The highest BCUT2D eigenvalue weighted by Gasteiger charge is 2.30. The predicted octanol–water partition coefficient (Wildman–Crippen LogP) is 1.85. The molecule has 0 aromatic heterocycles. The molecule has 2 amide bonds. The summed E-state index contributed by atoms with van der Waals surface area (Å²) in [6.45, 7) is 3.54. The second-order valence-electron chi connectivity index (χ2n) is 7.75. The van der Waals surface area contributed by atoms with E-state index in [0.29, 0.717) is 25.3 Å². The van der Waals surface area contributed by atoms with E-state index in [-0.39, 0.29) is 25.3 Å². The number of aliphatic carboxylic acids is 1. The summed E-state index contributed by atoms with van der Waals surface area (Å²) in [5, 5.41) is 9.08. The van der Waals surface area contributed by atoms with E-state index in [1.807, 2.05) is 42.5 Å². The molecule has 2 aromatic carbocycles. The molecule has 1 aliphatic rings. The fourth-order valence-corrected chi connectivity index (χ4v) is 3.79. The van der Waals surface area contributed by atoms with Gasteiger partial charge in [0.25, 0.3) is 5.91 Å². The normalized spacial score (nSPS) is 15.1. The molecule has 0 saturated carbocycles. The first kappa shape index (κ1) is 23.4. The number of nitrogens with two attached hydrogens (primary N) is 1. The third kappa shape index (κ3) is 6.38. The molecule has 1 aliphatic heterocycles. The minimum absolute atomic E-state index is 0.0262. The Balaban J connectivity index is 1.80. The minimum atomic E-state index is -1.04. The number of primary amides is 1. The van der Waals surface area contributed by atoms with Gasteiger partial charge < -0.3 is 20.5 Å². The zero-order valence-corrected chi connectivity index (χ0v) is 18.0. The molecule has 2 aromatic rings. The van der Waals surface area contributed by atoms with Crippen LogP contribution in [0.4, 0.5) is 0 Å². The summed E-state index contributed by atoms with van der Waals surface area (Å²) in [7, 11) is 0. The number of carboxylic acids is 1. The number of carbonyl (C=O) groups excluding carboxylic acids is 2. The smallest absolute Gasteiger partial charge is 0.303 e. The van der Waals surface area contributed by atoms with Gasteiger partial charge in [-0.15, -0.1) is 0 Å². The summed E-state index contributed by atoms with van der Waals surface area (Å²) in [5.74, 6) is -2.08. The van der Waals surface area contributed by atoms with Crippen molar-refractivity contribution < 1.29 is 24.2 Å².